The van der Waals surface area contributed by atoms with Gasteiger partial charge in [-0.05, 0) is 18.2 Å². The summed E-state index contributed by atoms with van der Waals surface area (Å²) < 4.78 is 13.3. The first-order valence-corrected chi connectivity index (χ1v) is 5.95. The van der Waals surface area contributed by atoms with Crippen molar-refractivity contribution >= 4 is 23.2 Å². The van der Waals surface area contributed by atoms with Gasteiger partial charge in [-0.15, -0.1) is 0 Å². The van der Waals surface area contributed by atoms with Crippen molar-refractivity contribution < 1.29 is 14.3 Å². The summed E-state index contributed by atoms with van der Waals surface area (Å²) in [6.07, 6.45) is 0. The van der Waals surface area contributed by atoms with Crippen LogP contribution in [0.25, 0.3) is 0 Å². The summed E-state index contributed by atoms with van der Waals surface area (Å²) in [4.78, 5) is 12.0. The second-order valence-corrected chi connectivity index (χ2v) is 4.25. The van der Waals surface area contributed by atoms with Gasteiger partial charge in [-0.25, -0.2) is 4.39 Å². The number of amides is 1. The third kappa shape index (κ3) is 2.92. The maximum Gasteiger partial charge on any atom is 0.257 e. The van der Waals surface area contributed by atoms with Crippen LogP contribution in [0.1, 0.15) is 15.9 Å². The number of hydrogen-bond acceptors (Lipinski definition) is 2. The summed E-state index contributed by atoms with van der Waals surface area (Å²) in [5.74, 6) is -1.17. The van der Waals surface area contributed by atoms with Gasteiger partial charge in [0, 0.05) is 11.3 Å². The molecule has 5 heteroatoms. The van der Waals surface area contributed by atoms with E-state index in [-0.39, 0.29) is 17.2 Å². The number of para-hydroxylation sites is 1. The van der Waals surface area contributed by atoms with Crippen LogP contribution in [-0.2, 0) is 6.61 Å². The minimum Gasteiger partial charge on any atom is -0.392 e. The Morgan fingerprint density at radius 1 is 1.21 bits per heavy atom. The molecular formula is C14H11ClFNO2. The second kappa shape index (κ2) is 5.82. The normalized spacial score (nSPS) is 10.3. The lowest BCUT2D eigenvalue weighted by atomic mass is 10.1. The number of hydrogen-bond donors (Lipinski definition) is 2. The highest BCUT2D eigenvalue weighted by atomic mass is 35.5. The van der Waals surface area contributed by atoms with Crippen molar-refractivity contribution in [3.8, 4) is 0 Å². The molecule has 0 heterocycles. The highest BCUT2D eigenvalue weighted by Gasteiger charge is 2.14. The fourth-order valence-corrected chi connectivity index (χ4v) is 1.86. The smallest absolute Gasteiger partial charge is 0.257 e. The Morgan fingerprint density at radius 3 is 2.68 bits per heavy atom. The molecule has 0 radical (unpaired) electrons. The number of carbonyl (C=O) groups excluding carboxylic acids is 1. The molecule has 98 valence electrons. The van der Waals surface area contributed by atoms with Crippen LogP contribution < -0.4 is 5.32 Å². The van der Waals surface area contributed by atoms with Gasteiger partial charge in [0.1, 0.15) is 5.82 Å². The Bertz CT molecular complexity index is 616. The van der Waals surface area contributed by atoms with E-state index in [4.69, 9.17) is 16.7 Å². The lowest BCUT2D eigenvalue weighted by Gasteiger charge is -2.10. The Morgan fingerprint density at radius 2 is 1.95 bits per heavy atom. The van der Waals surface area contributed by atoms with Crippen molar-refractivity contribution in [1.82, 2.24) is 0 Å². The van der Waals surface area contributed by atoms with E-state index in [9.17, 15) is 9.18 Å². The Hall–Kier alpha value is -1.91. The largest absolute Gasteiger partial charge is 0.392 e. The maximum absolute atomic E-state index is 13.3. The molecule has 19 heavy (non-hydrogen) atoms. The van der Waals surface area contributed by atoms with Crippen molar-refractivity contribution in [2.75, 3.05) is 5.32 Å². The van der Waals surface area contributed by atoms with E-state index in [0.717, 1.165) is 0 Å². The number of anilines is 1. The monoisotopic (exact) mass is 279 g/mol. The number of aliphatic hydroxyl groups is 1. The summed E-state index contributed by atoms with van der Waals surface area (Å²) >= 11 is 5.74. The molecule has 0 spiro atoms. The molecule has 2 aromatic rings. The van der Waals surface area contributed by atoms with Gasteiger partial charge in [-0.1, -0.05) is 35.9 Å². The van der Waals surface area contributed by atoms with E-state index in [1.807, 2.05) is 0 Å². The molecule has 0 fully saturated rings. The van der Waals surface area contributed by atoms with Crippen LogP contribution in [0.2, 0.25) is 5.02 Å². The van der Waals surface area contributed by atoms with Crippen LogP contribution >= 0.6 is 11.6 Å². The van der Waals surface area contributed by atoms with Gasteiger partial charge in [-0.2, -0.15) is 0 Å². The average molecular weight is 280 g/mol. The molecule has 3 nitrogen and oxygen atoms in total. The average Bonchev–Trinajstić information content (AvgIpc) is 2.42. The zero-order valence-electron chi connectivity index (χ0n) is 9.86. The minimum absolute atomic E-state index is 0.0504. The van der Waals surface area contributed by atoms with Gasteiger partial charge in [0.25, 0.3) is 5.91 Å². The van der Waals surface area contributed by atoms with E-state index in [2.05, 4.69) is 5.32 Å². The Balaban J connectivity index is 2.28. The van der Waals surface area contributed by atoms with Crippen LogP contribution in [0.15, 0.2) is 42.5 Å². The molecule has 2 rings (SSSR count). The molecule has 0 aliphatic heterocycles. The van der Waals surface area contributed by atoms with Gasteiger partial charge in [0.15, 0.2) is 0 Å². The highest BCUT2D eigenvalue weighted by Crippen LogP contribution is 2.22. The standard InChI is InChI=1S/C14H11ClFNO2/c15-13-10(5-3-6-11(13)16)14(19)17-12-7-2-1-4-9(12)8-18/h1-7,18H,8H2,(H,17,19). The van der Waals surface area contributed by atoms with Crippen LogP contribution in [0, 0.1) is 5.82 Å². The third-order valence-corrected chi connectivity index (χ3v) is 3.02. The van der Waals surface area contributed by atoms with Crippen molar-refractivity contribution in [1.29, 1.82) is 0 Å². The van der Waals surface area contributed by atoms with E-state index in [0.29, 0.717) is 11.3 Å². The lowest BCUT2D eigenvalue weighted by Crippen LogP contribution is -2.14. The van der Waals surface area contributed by atoms with E-state index >= 15 is 0 Å². The molecule has 2 N–H and O–H groups in total. The van der Waals surface area contributed by atoms with Gasteiger partial charge >= 0.3 is 0 Å². The molecule has 0 aromatic heterocycles. The van der Waals surface area contributed by atoms with Crippen molar-refractivity contribution in [2.24, 2.45) is 0 Å². The van der Waals surface area contributed by atoms with Crippen LogP contribution in [0.3, 0.4) is 0 Å². The molecular weight excluding hydrogens is 269 g/mol. The summed E-state index contributed by atoms with van der Waals surface area (Å²) in [7, 11) is 0. The van der Waals surface area contributed by atoms with E-state index in [1.54, 1.807) is 24.3 Å². The maximum atomic E-state index is 13.3. The molecule has 0 unspecified atom stereocenters. The number of carbonyl (C=O) groups is 1. The van der Waals surface area contributed by atoms with Gasteiger partial charge in [0.05, 0.1) is 17.2 Å². The predicted octanol–water partition coefficient (Wildman–Crippen LogP) is 3.22. The lowest BCUT2D eigenvalue weighted by molar-refractivity contribution is 0.102. The van der Waals surface area contributed by atoms with Crippen LogP contribution in [-0.4, -0.2) is 11.0 Å². The van der Waals surface area contributed by atoms with Gasteiger partial charge in [-0.3, -0.25) is 4.79 Å². The summed E-state index contributed by atoms with van der Waals surface area (Å²) in [5.41, 5.74) is 1.09. The highest BCUT2D eigenvalue weighted by molar-refractivity contribution is 6.34. The minimum atomic E-state index is -0.648. The number of benzene rings is 2. The Kier molecular flexibility index (Phi) is 4.14. The zero-order chi connectivity index (χ0) is 13.8. The van der Waals surface area contributed by atoms with Crippen LogP contribution in [0.4, 0.5) is 10.1 Å². The quantitative estimate of drug-likeness (QED) is 0.906. The SMILES string of the molecule is O=C(Nc1ccccc1CO)c1cccc(F)c1Cl. The summed E-state index contributed by atoms with van der Waals surface area (Å²) in [6, 6.07) is 10.8. The zero-order valence-corrected chi connectivity index (χ0v) is 10.6. The molecule has 0 bridgehead atoms. The van der Waals surface area contributed by atoms with Crippen molar-refractivity contribution in [2.45, 2.75) is 6.61 Å². The third-order valence-electron chi connectivity index (χ3n) is 2.63. The number of nitrogens with one attached hydrogen (secondary N) is 1. The van der Waals surface area contributed by atoms with Crippen molar-refractivity contribution in [3.63, 3.8) is 0 Å². The van der Waals surface area contributed by atoms with E-state index < -0.39 is 11.7 Å². The molecule has 0 aliphatic rings. The first-order chi connectivity index (χ1) is 9.13. The second-order valence-electron chi connectivity index (χ2n) is 3.87. The summed E-state index contributed by atoms with van der Waals surface area (Å²) in [5, 5.41) is 11.5. The number of rotatable bonds is 3. The van der Waals surface area contributed by atoms with E-state index in [1.165, 1.54) is 18.2 Å². The molecule has 0 aliphatic carbocycles. The molecule has 1 amide bonds. The number of halogens is 2. The molecule has 2 aromatic carbocycles. The predicted molar refractivity (Wildman–Crippen MR) is 71.7 cm³/mol. The Labute approximate surface area is 114 Å². The first-order valence-electron chi connectivity index (χ1n) is 5.57. The van der Waals surface area contributed by atoms with Crippen LogP contribution in [0.5, 0.6) is 0 Å². The van der Waals surface area contributed by atoms with Gasteiger partial charge < -0.3 is 10.4 Å². The first kappa shape index (κ1) is 13.5. The van der Waals surface area contributed by atoms with Gasteiger partial charge in [0.2, 0.25) is 0 Å². The molecule has 0 saturated carbocycles. The topological polar surface area (TPSA) is 49.3 Å². The fraction of sp³-hybridized carbons (Fsp3) is 0.0714. The van der Waals surface area contributed by atoms with Crippen molar-refractivity contribution in [3.05, 3.63) is 64.4 Å². The number of aliphatic hydroxyl groups excluding tert-OH is 1. The molecule has 0 saturated heterocycles. The molecule has 0 atom stereocenters. The summed E-state index contributed by atoms with van der Waals surface area (Å²) in [6.45, 7) is -0.201. The fourth-order valence-electron chi connectivity index (χ4n) is 1.65.